The van der Waals surface area contributed by atoms with Crippen molar-refractivity contribution >= 4 is 5.82 Å². The van der Waals surface area contributed by atoms with E-state index in [-0.39, 0.29) is 0 Å². The van der Waals surface area contributed by atoms with E-state index >= 15 is 0 Å². The highest BCUT2D eigenvalue weighted by molar-refractivity contribution is 5.50. The van der Waals surface area contributed by atoms with Crippen LogP contribution in [-0.4, -0.2) is 14.8 Å². The predicted octanol–water partition coefficient (Wildman–Crippen LogP) is 2.36. The van der Waals surface area contributed by atoms with E-state index in [9.17, 15) is 13.2 Å². The first-order valence-electron chi connectivity index (χ1n) is 5.86. The fourth-order valence-corrected chi connectivity index (χ4v) is 2.27. The summed E-state index contributed by atoms with van der Waals surface area (Å²) >= 11 is 0. The molecule has 0 amide bonds. The average molecular weight is 268 g/mol. The quantitative estimate of drug-likeness (QED) is 0.863. The van der Waals surface area contributed by atoms with Crippen LogP contribution in [0.4, 0.5) is 19.0 Å². The molecule has 0 unspecified atom stereocenters. The Labute approximate surface area is 107 Å². The van der Waals surface area contributed by atoms with Crippen LogP contribution in [0.3, 0.4) is 0 Å². The molecule has 0 saturated carbocycles. The van der Waals surface area contributed by atoms with Crippen LogP contribution in [0.2, 0.25) is 0 Å². The number of anilines is 1. The first kappa shape index (κ1) is 12.0. The number of hydrogen-bond donors (Lipinski definition) is 1. The van der Waals surface area contributed by atoms with Crippen LogP contribution in [0, 0.1) is 0 Å². The molecule has 2 aromatic heterocycles. The van der Waals surface area contributed by atoms with Crippen LogP contribution >= 0.6 is 0 Å². The van der Waals surface area contributed by atoms with Gasteiger partial charge in [0.15, 0.2) is 5.82 Å². The average Bonchev–Trinajstić information content (AvgIpc) is 2.92. The maximum absolute atomic E-state index is 12.4. The number of rotatable bonds is 1. The molecular weight excluding hydrogens is 257 g/mol. The highest BCUT2D eigenvalue weighted by atomic mass is 19.4. The second kappa shape index (κ2) is 3.97. The zero-order valence-electron chi connectivity index (χ0n) is 9.91. The van der Waals surface area contributed by atoms with Crippen LogP contribution in [-0.2, 0) is 19.0 Å². The Morgan fingerprint density at radius 1 is 1.21 bits per heavy atom. The normalized spacial score (nSPS) is 14.7. The summed E-state index contributed by atoms with van der Waals surface area (Å²) in [5.74, 6) is 0.777. The number of halogens is 3. The van der Waals surface area contributed by atoms with Gasteiger partial charge < -0.3 is 5.73 Å². The molecular formula is C12H11F3N4. The minimum atomic E-state index is -4.39. The van der Waals surface area contributed by atoms with Crippen LogP contribution in [0.25, 0.3) is 5.82 Å². The van der Waals surface area contributed by atoms with Gasteiger partial charge in [-0.25, -0.2) is 4.98 Å². The van der Waals surface area contributed by atoms with Gasteiger partial charge in [-0.3, -0.25) is 0 Å². The molecule has 4 nitrogen and oxygen atoms in total. The van der Waals surface area contributed by atoms with E-state index in [1.165, 1.54) is 10.7 Å². The van der Waals surface area contributed by atoms with Crippen molar-refractivity contribution in [3.05, 3.63) is 35.2 Å². The van der Waals surface area contributed by atoms with E-state index in [0.717, 1.165) is 42.8 Å². The highest BCUT2D eigenvalue weighted by Crippen LogP contribution is 2.30. The third-order valence-electron chi connectivity index (χ3n) is 3.24. The van der Waals surface area contributed by atoms with Crippen LogP contribution in [0.1, 0.15) is 23.2 Å². The van der Waals surface area contributed by atoms with Crippen molar-refractivity contribution in [3.8, 4) is 5.82 Å². The number of aryl methyl sites for hydroxylation is 1. The molecule has 3 rings (SSSR count). The fraction of sp³-hybridized carbons (Fsp3) is 0.333. The maximum Gasteiger partial charge on any atom is 0.417 e. The largest absolute Gasteiger partial charge is 0.417 e. The van der Waals surface area contributed by atoms with Gasteiger partial charge in [-0.2, -0.15) is 23.0 Å². The summed E-state index contributed by atoms with van der Waals surface area (Å²) in [6, 6.07) is 2.26. The zero-order valence-corrected chi connectivity index (χ0v) is 9.91. The van der Waals surface area contributed by atoms with Crippen molar-refractivity contribution in [2.45, 2.75) is 25.4 Å². The summed E-state index contributed by atoms with van der Waals surface area (Å²) < 4.78 is 38.7. The molecule has 2 aromatic rings. The molecule has 0 fully saturated rings. The molecule has 0 aliphatic heterocycles. The van der Waals surface area contributed by atoms with Gasteiger partial charge in [-0.05, 0) is 31.4 Å². The maximum atomic E-state index is 12.4. The van der Waals surface area contributed by atoms with Gasteiger partial charge in [0.1, 0.15) is 5.82 Å². The number of nitrogens with two attached hydrogens (primary N) is 1. The number of nitrogen functional groups attached to an aromatic ring is 1. The molecule has 1 aliphatic rings. The lowest BCUT2D eigenvalue weighted by Crippen LogP contribution is -2.09. The number of pyridine rings is 1. The number of fused-ring (bicyclic) bond motifs is 1. The number of hydrogen-bond acceptors (Lipinski definition) is 3. The monoisotopic (exact) mass is 268 g/mol. The Hall–Kier alpha value is -2.05. The molecule has 100 valence electrons. The number of nitrogens with zero attached hydrogens (tertiary/aromatic N) is 3. The van der Waals surface area contributed by atoms with Gasteiger partial charge >= 0.3 is 6.18 Å². The minimum Gasteiger partial charge on any atom is -0.383 e. The summed E-state index contributed by atoms with van der Waals surface area (Å²) in [6.07, 6.45) is -0.859. The molecule has 0 radical (unpaired) electrons. The summed E-state index contributed by atoms with van der Waals surface area (Å²) in [5.41, 5.74) is 7.07. The topological polar surface area (TPSA) is 56.7 Å². The van der Waals surface area contributed by atoms with Crippen LogP contribution < -0.4 is 5.73 Å². The molecule has 2 heterocycles. The first-order chi connectivity index (χ1) is 8.97. The van der Waals surface area contributed by atoms with Crippen molar-refractivity contribution in [3.63, 3.8) is 0 Å². The number of alkyl halides is 3. The lowest BCUT2D eigenvalue weighted by Gasteiger charge is -2.08. The molecule has 0 saturated heterocycles. The van der Waals surface area contributed by atoms with Crippen LogP contribution in [0.15, 0.2) is 18.3 Å². The molecule has 0 spiro atoms. The molecule has 19 heavy (non-hydrogen) atoms. The van der Waals surface area contributed by atoms with Crippen molar-refractivity contribution in [1.82, 2.24) is 14.8 Å². The Balaban J connectivity index is 1.99. The molecule has 1 aliphatic carbocycles. The van der Waals surface area contributed by atoms with Gasteiger partial charge in [-0.1, -0.05) is 0 Å². The van der Waals surface area contributed by atoms with Gasteiger partial charge in [-0.15, -0.1) is 0 Å². The number of aromatic nitrogens is 3. The Kier molecular flexibility index (Phi) is 2.51. The van der Waals surface area contributed by atoms with E-state index < -0.39 is 11.7 Å². The second-order valence-electron chi connectivity index (χ2n) is 4.48. The lowest BCUT2D eigenvalue weighted by molar-refractivity contribution is -0.137. The highest BCUT2D eigenvalue weighted by Gasteiger charge is 2.31. The first-order valence-corrected chi connectivity index (χ1v) is 5.86. The van der Waals surface area contributed by atoms with Crippen molar-refractivity contribution < 1.29 is 13.2 Å². The van der Waals surface area contributed by atoms with Gasteiger partial charge in [0.2, 0.25) is 0 Å². The minimum absolute atomic E-state index is 0.305. The van der Waals surface area contributed by atoms with Gasteiger partial charge in [0, 0.05) is 11.8 Å². The Morgan fingerprint density at radius 3 is 2.58 bits per heavy atom. The molecule has 7 heteroatoms. The lowest BCUT2D eigenvalue weighted by atomic mass is 10.2. The molecule has 2 N–H and O–H groups in total. The molecule has 0 aromatic carbocycles. The Morgan fingerprint density at radius 2 is 2.00 bits per heavy atom. The van der Waals surface area contributed by atoms with E-state index in [0.29, 0.717) is 11.6 Å². The van der Waals surface area contributed by atoms with Crippen LogP contribution in [0.5, 0.6) is 0 Å². The fourth-order valence-electron chi connectivity index (χ4n) is 2.27. The van der Waals surface area contributed by atoms with E-state index in [2.05, 4.69) is 10.1 Å². The summed E-state index contributed by atoms with van der Waals surface area (Å²) in [6.45, 7) is 0. The predicted molar refractivity (Wildman–Crippen MR) is 62.8 cm³/mol. The van der Waals surface area contributed by atoms with Gasteiger partial charge in [0.25, 0.3) is 0 Å². The Bertz CT molecular complexity index is 613. The smallest absolute Gasteiger partial charge is 0.383 e. The molecule has 0 atom stereocenters. The van der Waals surface area contributed by atoms with E-state index in [4.69, 9.17) is 5.73 Å². The van der Waals surface area contributed by atoms with Crippen molar-refractivity contribution in [2.24, 2.45) is 0 Å². The van der Waals surface area contributed by atoms with E-state index in [1.807, 2.05) is 0 Å². The summed E-state index contributed by atoms with van der Waals surface area (Å²) in [7, 11) is 0. The molecule has 0 bridgehead atoms. The zero-order chi connectivity index (χ0) is 13.6. The third kappa shape index (κ3) is 1.94. The van der Waals surface area contributed by atoms with E-state index in [1.54, 1.807) is 0 Å². The SMILES string of the molecule is Nc1c2c(nn1-c1ccc(C(F)(F)F)cn1)CCC2. The summed E-state index contributed by atoms with van der Waals surface area (Å²) in [4.78, 5) is 3.79. The van der Waals surface area contributed by atoms with Gasteiger partial charge in [0.05, 0.1) is 11.3 Å². The third-order valence-corrected chi connectivity index (χ3v) is 3.24. The van der Waals surface area contributed by atoms with Crippen molar-refractivity contribution in [2.75, 3.05) is 5.73 Å². The van der Waals surface area contributed by atoms with Crippen molar-refractivity contribution in [1.29, 1.82) is 0 Å². The summed E-state index contributed by atoms with van der Waals surface area (Å²) in [5, 5.41) is 4.30. The standard InChI is InChI=1S/C12H11F3N4/c13-12(14,15)7-4-5-10(17-6-7)19-11(16)8-2-1-3-9(8)18-19/h4-6H,1-3,16H2. The second-order valence-corrected chi connectivity index (χ2v) is 4.48.